The van der Waals surface area contributed by atoms with Crippen LogP contribution >= 0.6 is 11.6 Å². The second kappa shape index (κ2) is 7.47. The number of carbonyl (C=O) groups is 2. The molecule has 1 fully saturated rings. The van der Waals surface area contributed by atoms with Gasteiger partial charge in [-0.15, -0.1) is 0 Å². The zero-order valence-corrected chi connectivity index (χ0v) is 13.7. The molecule has 124 valence electrons. The van der Waals surface area contributed by atoms with E-state index < -0.39 is 6.10 Å². The number of nitrogens with one attached hydrogen (secondary N) is 2. The van der Waals surface area contributed by atoms with E-state index in [-0.39, 0.29) is 11.8 Å². The molecule has 1 saturated heterocycles. The number of halogens is 1. The minimum atomic E-state index is -0.402. The first-order chi connectivity index (χ1) is 11.6. The maximum atomic E-state index is 12.1. The van der Waals surface area contributed by atoms with Crippen molar-refractivity contribution in [3.05, 3.63) is 59.1 Å². The van der Waals surface area contributed by atoms with Crippen LogP contribution in [0.4, 0.5) is 11.4 Å². The largest absolute Gasteiger partial charge is 0.368 e. The van der Waals surface area contributed by atoms with Crippen LogP contribution in [0.5, 0.6) is 0 Å². The van der Waals surface area contributed by atoms with E-state index in [1.165, 1.54) is 0 Å². The molecule has 1 aliphatic rings. The highest BCUT2D eigenvalue weighted by Crippen LogP contribution is 2.26. The molecule has 0 bridgehead atoms. The molecule has 0 aliphatic carbocycles. The summed E-state index contributed by atoms with van der Waals surface area (Å²) in [5, 5.41) is 5.88. The van der Waals surface area contributed by atoms with Crippen LogP contribution in [0.25, 0.3) is 0 Å². The van der Waals surface area contributed by atoms with E-state index >= 15 is 0 Å². The Morgan fingerprint density at radius 3 is 2.54 bits per heavy atom. The maximum Gasteiger partial charge on any atom is 0.255 e. The van der Waals surface area contributed by atoms with Crippen molar-refractivity contribution in [2.45, 2.75) is 18.9 Å². The fraction of sp³-hybridized carbons (Fsp3) is 0.222. The Hall–Kier alpha value is -2.37. The molecular formula is C18H17ClN2O3. The average Bonchev–Trinajstić information content (AvgIpc) is 3.13. The van der Waals surface area contributed by atoms with Crippen LogP contribution < -0.4 is 10.6 Å². The smallest absolute Gasteiger partial charge is 0.255 e. The molecule has 2 amide bonds. The van der Waals surface area contributed by atoms with Gasteiger partial charge in [-0.3, -0.25) is 9.59 Å². The molecule has 2 aromatic carbocycles. The summed E-state index contributed by atoms with van der Waals surface area (Å²) in [5.74, 6) is -0.418. The lowest BCUT2D eigenvalue weighted by Crippen LogP contribution is -2.26. The number of hydrogen-bond acceptors (Lipinski definition) is 3. The predicted molar refractivity (Wildman–Crippen MR) is 93.5 cm³/mol. The molecule has 1 atom stereocenters. The fourth-order valence-corrected chi connectivity index (χ4v) is 2.71. The molecule has 1 unspecified atom stereocenters. The molecule has 0 aromatic heterocycles. The number of hydrogen-bond donors (Lipinski definition) is 2. The van der Waals surface area contributed by atoms with Crippen molar-refractivity contribution in [3.8, 4) is 0 Å². The molecule has 3 rings (SSSR count). The summed E-state index contributed by atoms with van der Waals surface area (Å²) in [6.45, 7) is 0.614. The van der Waals surface area contributed by atoms with Gasteiger partial charge in [0, 0.05) is 17.9 Å². The quantitative estimate of drug-likeness (QED) is 0.888. The molecule has 24 heavy (non-hydrogen) atoms. The van der Waals surface area contributed by atoms with Gasteiger partial charge < -0.3 is 15.4 Å². The van der Waals surface area contributed by atoms with Crippen molar-refractivity contribution in [2.24, 2.45) is 0 Å². The first kappa shape index (κ1) is 16.5. The van der Waals surface area contributed by atoms with E-state index in [1.807, 2.05) is 6.07 Å². The van der Waals surface area contributed by atoms with Crippen molar-refractivity contribution in [1.82, 2.24) is 0 Å². The summed E-state index contributed by atoms with van der Waals surface area (Å²) in [6.07, 6.45) is 1.22. The Bertz CT molecular complexity index is 743. The van der Waals surface area contributed by atoms with Crippen LogP contribution in [0.1, 0.15) is 23.2 Å². The van der Waals surface area contributed by atoms with Gasteiger partial charge in [-0.25, -0.2) is 0 Å². The Morgan fingerprint density at radius 2 is 1.88 bits per heavy atom. The molecule has 2 N–H and O–H groups in total. The molecular weight excluding hydrogens is 328 g/mol. The maximum absolute atomic E-state index is 12.1. The Balaban J connectivity index is 1.66. The van der Waals surface area contributed by atoms with Gasteiger partial charge in [0.15, 0.2) is 0 Å². The van der Waals surface area contributed by atoms with Gasteiger partial charge in [-0.2, -0.15) is 0 Å². The van der Waals surface area contributed by atoms with E-state index in [4.69, 9.17) is 16.3 Å². The Kier molecular flexibility index (Phi) is 5.13. The fourth-order valence-electron chi connectivity index (χ4n) is 2.49. The highest BCUT2D eigenvalue weighted by atomic mass is 35.5. The van der Waals surface area contributed by atoms with Gasteiger partial charge in [0.2, 0.25) is 0 Å². The molecule has 1 aliphatic heterocycles. The number of carbonyl (C=O) groups excluding carboxylic acids is 2. The minimum Gasteiger partial charge on any atom is -0.368 e. The second-order valence-corrected chi connectivity index (χ2v) is 5.91. The van der Waals surface area contributed by atoms with Crippen molar-refractivity contribution in [2.75, 3.05) is 17.2 Å². The number of benzene rings is 2. The summed E-state index contributed by atoms with van der Waals surface area (Å²) in [6, 6.07) is 13.8. The van der Waals surface area contributed by atoms with Gasteiger partial charge in [0.05, 0.1) is 10.7 Å². The van der Waals surface area contributed by atoms with Crippen molar-refractivity contribution in [3.63, 3.8) is 0 Å². The molecule has 5 nitrogen and oxygen atoms in total. The van der Waals surface area contributed by atoms with E-state index in [0.29, 0.717) is 28.6 Å². The lowest BCUT2D eigenvalue weighted by Gasteiger charge is -2.12. The summed E-state index contributed by atoms with van der Waals surface area (Å²) >= 11 is 6.21. The number of rotatable bonds is 4. The molecule has 0 saturated carbocycles. The topological polar surface area (TPSA) is 67.4 Å². The monoisotopic (exact) mass is 344 g/mol. The van der Waals surface area contributed by atoms with E-state index in [1.54, 1.807) is 42.5 Å². The van der Waals surface area contributed by atoms with Gasteiger partial charge in [-0.1, -0.05) is 29.8 Å². The third-order valence-electron chi connectivity index (χ3n) is 3.74. The van der Waals surface area contributed by atoms with Crippen LogP contribution in [0, 0.1) is 0 Å². The van der Waals surface area contributed by atoms with Gasteiger partial charge in [0.25, 0.3) is 11.8 Å². The zero-order chi connectivity index (χ0) is 16.9. The lowest BCUT2D eigenvalue weighted by atomic mass is 10.2. The van der Waals surface area contributed by atoms with Gasteiger partial charge >= 0.3 is 0 Å². The first-order valence-electron chi connectivity index (χ1n) is 7.72. The van der Waals surface area contributed by atoms with Crippen LogP contribution in [-0.2, 0) is 9.53 Å². The van der Waals surface area contributed by atoms with E-state index in [9.17, 15) is 9.59 Å². The summed E-state index contributed by atoms with van der Waals surface area (Å²) in [7, 11) is 0. The van der Waals surface area contributed by atoms with Crippen LogP contribution in [0.15, 0.2) is 48.5 Å². The lowest BCUT2D eigenvalue weighted by molar-refractivity contribution is -0.124. The summed E-state index contributed by atoms with van der Waals surface area (Å²) in [4.78, 5) is 24.2. The van der Waals surface area contributed by atoms with Crippen LogP contribution in [0.2, 0.25) is 5.02 Å². The summed E-state index contributed by atoms with van der Waals surface area (Å²) < 4.78 is 5.34. The zero-order valence-electron chi connectivity index (χ0n) is 12.9. The van der Waals surface area contributed by atoms with E-state index in [2.05, 4.69) is 10.6 Å². The Morgan fingerprint density at radius 1 is 1.08 bits per heavy atom. The normalized spacial score (nSPS) is 16.6. The summed E-state index contributed by atoms with van der Waals surface area (Å²) in [5.41, 5.74) is 1.60. The van der Waals surface area contributed by atoms with Crippen LogP contribution in [0.3, 0.4) is 0 Å². The third kappa shape index (κ3) is 3.93. The van der Waals surface area contributed by atoms with Gasteiger partial charge in [0.1, 0.15) is 6.10 Å². The van der Waals surface area contributed by atoms with E-state index in [0.717, 1.165) is 12.8 Å². The number of anilines is 2. The second-order valence-electron chi connectivity index (χ2n) is 5.51. The Labute approximate surface area is 145 Å². The molecule has 0 spiro atoms. The highest BCUT2D eigenvalue weighted by molar-refractivity contribution is 6.34. The van der Waals surface area contributed by atoms with Crippen molar-refractivity contribution < 1.29 is 14.3 Å². The van der Waals surface area contributed by atoms with Crippen molar-refractivity contribution >= 4 is 34.8 Å². The highest BCUT2D eigenvalue weighted by Gasteiger charge is 2.23. The molecule has 1 heterocycles. The van der Waals surface area contributed by atoms with Crippen molar-refractivity contribution in [1.29, 1.82) is 0 Å². The first-order valence-corrected chi connectivity index (χ1v) is 8.10. The molecule has 0 radical (unpaired) electrons. The number of ether oxygens (including phenoxy) is 1. The van der Waals surface area contributed by atoms with Crippen LogP contribution in [-0.4, -0.2) is 24.5 Å². The molecule has 6 heteroatoms. The predicted octanol–water partition coefficient (Wildman–Crippen LogP) is 3.71. The number of amides is 2. The molecule has 2 aromatic rings. The third-order valence-corrected chi connectivity index (χ3v) is 4.06. The SMILES string of the molecule is O=C(Nc1ccc(NC(=O)C2CCCO2)cc1Cl)c1ccccc1. The minimum absolute atomic E-state index is 0.176. The average molecular weight is 345 g/mol. The standard InChI is InChI=1S/C18H17ClN2O3/c19-14-11-13(20-18(23)16-7-4-10-24-16)8-9-15(14)21-17(22)12-5-2-1-3-6-12/h1-3,5-6,8-9,11,16H,4,7,10H2,(H,20,23)(H,21,22). The van der Waals surface area contributed by atoms with Gasteiger partial charge in [-0.05, 0) is 43.2 Å².